The fourth-order valence-electron chi connectivity index (χ4n) is 2.98. The number of rotatable bonds is 2. The SMILES string of the molecule is NCc1ccc(N2CCC3(CCNCC3)OC2=O)cc1. The maximum absolute atomic E-state index is 12.3. The predicted molar refractivity (Wildman–Crippen MR) is 77.6 cm³/mol. The van der Waals surface area contributed by atoms with E-state index in [1.165, 1.54) is 0 Å². The van der Waals surface area contributed by atoms with Crippen molar-refractivity contribution in [2.24, 2.45) is 5.73 Å². The number of amides is 1. The van der Waals surface area contributed by atoms with E-state index >= 15 is 0 Å². The van der Waals surface area contributed by atoms with Crippen molar-refractivity contribution in [3.8, 4) is 0 Å². The minimum absolute atomic E-state index is 0.223. The fraction of sp³-hybridized carbons (Fsp3) is 0.533. The van der Waals surface area contributed by atoms with Crippen LogP contribution in [0.5, 0.6) is 0 Å². The molecule has 5 heteroatoms. The average molecular weight is 275 g/mol. The van der Waals surface area contributed by atoms with Crippen LogP contribution in [-0.4, -0.2) is 31.3 Å². The second-order valence-corrected chi connectivity index (χ2v) is 5.57. The van der Waals surface area contributed by atoms with Crippen molar-refractivity contribution in [2.75, 3.05) is 24.5 Å². The van der Waals surface area contributed by atoms with Crippen molar-refractivity contribution in [3.63, 3.8) is 0 Å². The van der Waals surface area contributed by atoms with Gasteiger partial charge >= 0.3 is 6.09 Å². The summed E-state index contributed by atoms with van der Waals surface area (Å²) in [5, 5.41) is 3.31. The molecule has 0 aromatic heterocycles. The van der Waals surface area contributed by atoms with Gasteiger partial charge in [0.1, 0.15) is 5.60 Å². The standard InChI is InChI=1S/C15H21N3O2/c16-11-12-1-3-13(4-2-12)18-10-7-15(20-14(18)19)5-8-17-9-6-15/h1-4,17H,5-11,16H2. The number of nitrogens with zero attached hydrogens (tertiary/aromatic N) is 1. The van der Waals surface area contributed by atoms with Gasteiger partial charge in [0, 0.05) is 25.2 Å². The molecule has 1 aromatic carbocycles. The van der Waals surface area contributed by atoms with Crippen LogP contribution >= 0.6 is 0 Å². The van der Waals surface area contributed by atoms with Crippen LogP contribution in [0.15, 0.2) is 24.3 Å². The molecule has 2 saturated heterocycles. The number of nitrogens with two attached hydrogens (primary N) is 1. The van der Waals surface area contributed by atoms with E-state index in [0.717, 1.165) is 50.1 Å². The van der Waals surface area contributed by atoms with Gasteiger partial charge in [-0.3, -0.25) is 4.90 Å². The fourth-order valence-corrected chi connectivity index (χ4v) is 2.98. The lowest BCUT2D eigenvalue weighted by molar-refractivity contribution is -0.0261. The van der Waals surface area contributed by atoms with Crippen LogP contribution in [0.3, 0.4) is 0 Å². The van der Waals surface area contributed by atoms with E-state index in [-0.39, 0.29) is 11.7 Å². The molecule has 2 heterocycles. The molecule has 2 fully saturated rings. The number of carbonyl (C=O) groups excluding carboxylic acids is 1. The quantitative estimate of drug-likeness (QED) is 0.860. The maximum atomic E-state index is 12.3. The zero-order chi connectivity index (χ0) is 14.0. The smallest absolute Gasteiger partial charge is 0.414 e. The minimum Gasteiger partial charge on any atom is -0.442 e. The molecule has 1 amide bonds. The zero-order valence-electron chi connectivity index (χ0n) is 11.6. The van der Waals surface area contributed by atoms with Crippen molar-refractivity contribution in [1.82, 2.24) is 5.32 Å². The summed E-state index contributed by atoms with van der Waals surface area (Å²) in [6.45, 7) is 3.10. The van der Waals surface area contributed by atoms with Crippen LogP contribution in [0.4, 0.5) is 10.5 Å². The van der Waals surface area contributed by atoms with Crippen LogP contribution in [0.2, 0.25) is 0 Å². The Labute approximate surface area is 119 Å². The third kappa shape index (κ3) is 2.51. The number of anilines is 1. The Morgan fingerprint density at radius 1 is 1.20 bits per heavy atom. The summed E-state index contributed by atoms with van der Waals surface area (Å²) in [5.74, 6) is 0. The molecular formula is C15H21N3O2. The minimum atomic E-state index is -0.240. The molecule has 1 spiro atoms. The highest BCUT2D eigenvalue weighted by atomic mass is 16.6. The van der Waals surface area contributed by atoms with Crippen LogP contribution in [0.1, 0.15) is 24.8 Å². The van der Waals surface area contributed by atoms with Crippen LogP contribution in [0.25, 0.3) is 0 Å². The molecule has 108 valence electrons. The molecule has 1 aromatic rings. The Hall–Kier alpha value is -1.59. The first kappa shape index (κ1) is 13.4. The molecule has 3 rings (SSSR count). The number of hydrogen-bond acceptors (Lipinski definition) is 4. The van der Waals surface area contributed by atoms with E-state index in [1.54, 1.807) is 4.90 Å². The molecule has 20 heavy (non-hydrogen) atoms. The van der Waals surface area contributed by atoms with E-state index in [0.29, 0.717) is 6.54 Å². The van der Waals surface area contributed by atoms with Gasteiger partial charge < -0.3 is 15.8 Å². The maximum Gasteiger partial charge on any atom is 0.414 e. The summed E-state index contributed by atoms with van der Waals surface area (Å²) < 4.78 is 5.76. The lowest BCUT2D eigenvalue weighted by atomic mass is 9.87. The predicted octanol–water partition coefficient (Wildman–Crippen LogP) is 1.61. The largest absolute Gasteiger partial charge is 0.442 e. The molecular weight excluding hydrogens is 254 g/mol. The number of ether oxygens (including phenoxy) is 1. The van der Waals surface area contributed by atoms with Gasteiger partial charge in [-0.05, 0) is 43.6 Å². The normalized spacial score (nSPS) is 21.9. The summed E-state index contributed by atoms with van der Waals surface area (Å²) in [6.07, 6.45) is 2.51. The number of nitrogens with one attached hydrogen (secondary N) is 1. The lowest BCUT2D eigenvalue weighted by Crippen LogP contribution is -2.54. The monoisotopic (exact) mass is 275 g/mol. The van der Waals surface area contributed by atoms with Crippen LogP contribution in [0, 0.1) is 0 Å². The van der Waals surface area contributed by atoms with Gasteiger partial charge in [-0.25, -0.2) is 4.79 Å². The van der Waals surface area contributed by atoms with Gasteiger partial charge in [0.15, 0.2) is 0 Å². The highest BCUT2D eigenvalue weighted by Gasteiger charge is 2.41. The first-order chi connectivity index (χ1) is 9.72. The molecule has 0 atom stereocenters. The van der Waals surface area contributed by atoms with Gasteiger partial charge in [0.05, 0.1) is 0 Å². The summed E-state index contributed by atoms with van der Waals surface area (Å²) in [5.41, 5.74) is 7.30. The van der Waals surface area contributed by atoms with Crippen molar-refractivity contribution in [3.05, 3.63) is 29.8 Å². The highest BCUT2D eigenvalue weighted by molar-refractivity contribution is 5.88. The summed E-state index contributed by atoms with van der Waals surface area (Å²) >= 11 is 0. The molecule has 2 aliphatic rings. The Kier molecular flexibility index (Phi) is 3.63. The van der Waals surface area contributed by atoms with Crippen molar-refractivity contribution >= 4 is 11.8 Å². The summed E-state index contributed by atoms with van der Waals surface area (Å²) in [4.78, 5) is 14.0. The second-order valence-electron chi connectivity index (χ2n) is 5.57. The van der Waals surface area contributed by atoms with E-state index < -0.39 is 0 Å². The molecule has 0 radical (unpaired) electrons. The number of benzene rings is 1. The lowest BCUT2D eigenvalue weighted by Gasteiger charge is -2.43. The Bertz CT molecular complexity index is 480. The van der Waals surface area contributed by atoms with E-state index in [1.807, 2.05) is 24.3 Å². The summed E-state index contributed by atoms with van der Waals surface area (Å²) in [6, 6.07) is 7.78. The number of hydrogen-bond donors (Lipinski definition) is 2. The van der Waals surface area contributed by atoms with Gasteiger partial charge in [-0.2, -0.15) is 0 Å². The topological polar surface area (TPSA) is 67.6 Å². The van der Waals surface area contributed by atoms with Crippen LogP contribution in [-0.2, 0) is 11.3 Å². The zero-order valence-corrected chi connectivity index (χ0v) is 11.6. The van der Waals surface area contributed by atoms with Crippen molar-refractivity contribution < 1.29 is 9.53 Å². The third-order valence-corrected chi connectivity index (χ3v) is 4.31. The van der Waals surface area contributed by atoms with Gasteiger partial charge in [0.25, 0.3) is 0 Å². The summed E-state index contributed by atoms with van der Waals surface area (Å²) in [7, 11) is 0. The number of carbonyl (C=O) groups is 1. The molecule has 5 nitrogen and oxygen atoms in total. The molecule has 0 aliphatic carbocycles. The van der Waals surface area contributed by atoms with E-state index in [2.05, 4.69) is 5.32 Å². The van der Waals surface area contributed by atoms with Gasteiger partial charge in [-0.15, -0.1) is 0 Å². The second kappa shape index (κ2) is 5.42. The van der Waals surface area contributed by atoms with Gasteiger partial charge in [-0.1, -0.05) is 12.1 Å². The molecule has 0 unspecified atom stereocenters. The number of piperidine rings is 1. The van der Waals surface area contributed by atoms with Crippen LogP contribution < -0.4 is 16.0 Å². The average Bonchev–Trinajstić information content (AvgIpc) is 2.48. The molecule has 0 saturated carbocycles. The molecule has 0 bridgehead atoms. The first-order valence-corrected chi connectivity index (χ1v) is 7.23. The van der Waals surface area contributed by atoms with E-state index in [9.17, 15) is 4.79 Å². The molecule has 3 N–H and O–H groups in total. The Morgan fingerprint density at radius 2 is 1.90 bits per heavy atom. The van der Waals surface area contributed by atoms with Crippen molar-refractivity contribution in [1.29, 1.82) is 0 Å². The van der Waals surface area contributed by atoms with Gasteiger partial charge in [0.2, 0.25) is 0 Å². The van der Waals surface area contributed by atoms with Crippen molar-refractivity contribution in [2.45, 2.75) is 31.4 Å². The molecule has 2 aliphatic heterocycles. The highest BCUT2D eigenvalue weighted by Crippen LogP contribution is 2.33. The first-order valence-electron chi connectivity index (χ1n) is 7.23. The Balaban J connectivity index is 1.72. The third-order valence-electron chi connectivity index (χ3n) is 4.31. The Morgan fingerprint density at radius 3 is 2.50 bits per heavy atom. The van der Waals surface area contributed by atoms with E-state index in [4.69, 9.17) is 10.5 Å².